The van der Waals surface area contributed by atoms with Crippen LogP contribution in [-0.4, -0.2) is 26.8 Å². The van der Waals surface area contributed by atoms with Crippen molar-refractivity contribution >= 4 is 38.9 Å². The largest absolute Gasteiger partial charge is 0.322 e. The lowest BCUT2D eigenvalue weighted by Gasteiger charge is -2.16. The lowest BCUT2D eigenvalue weighted by Crippen LogP contribution is -2.23. The molecule has 0 unspecified atom stereocenters. The highest BCUT2D eigenvalue weighted by molar-refractivity contribution is 7.92. The van der Waals surface area contributed by atoms with Crippen LogP contribution in [0.15, 0.2) is 77.7 Å². The molecule has 0 aromatic heterocycles. The lowest BCUT2D eigenvalue weighted by atomic mass is 10.1. The second kappa shape index (κ2) is 8.84. The van der Waals surface area contributed by atoms with Gasteiger partial charge in [-0.15, -0.1) is 0 Å². The summed E-state index contributed by atoms with van der Waals surface area (Å²) < 4.78 is 27.6. The van der Waals surface area contributed by atoms with E-state index >= 15 is 0 Å². The van der Waals surface area contributed by atoms with Gasteiger partial charge in [0.05, 0.1) is 10.6 Å². The van der Waals surface area contributed by atoms with Gasteiger partial charge < -0.3 is 10.2 Å². The topological polar surface area (TPSA) is 95.6 Å². The first-order valence-electron chi connectivity index (χ1n) is 10.2. The van der Waals surface area contributed by atoms with E-state index in [1.54, 1.807) is 60.4 Å². The third kappa shape index (κ3) is 4.65. The zero-order chi connectivity index (χ0) is 22.7. The Labute approximate surface area is 187 Å². The minimum Gasteiger partial charge on any atom is -0.322 e. The maximum Gasteiger partial charge on any atom is 0.261 e. The van der Waals surface area contributed by atoms with Gasteiger partial charge in [0.15, 0.2) is 0 Å². The quantitative estimate of drug-likeness (QED) is 0.590. The summed E-state index contributed by atoms with van der Waals surface area (Å²) in [4.78, 5) is 26.4. The normalized spacial score (nSPS) is 13.8. The van der Waals surface area contributed by atoms with E-state index in [4.69, 9.17) is 0 Å². The number of aryl methyl sites for hydroxylation is 1. The molecule has 2 N–H and O–H groups in total. The maximum absolute atomic E-state index is 12.7. The van der Waals surface area contributed by atoms with Gasteiger partial charge in [-0.25, -0.2) is 8.42 Å². The van der Waals surface area contributed by atoms with E-state index < -0.39 is 10.0 Å². The summed E-state index contributed by atoms with van der Waals surface area (Å²) in [7, 11) is -3.71. The molecular formula is C24H23N3O4S. The molecule has 3 aromatic carbocycles. The van der Waals surface area contributed by atoms with Gasteiger partial charge in [-0.2, -0.15) is 0 Å². The number of hydrogen-bond acceptors (Lipinski definition) is 4. The van der Waals surface area contributed by atoms with Crippen molar-refractivity contribution in [2.24, 2.45) is 0 Å². The summed E-state index contributed by atoms with van der Waals surface area (Å²) in [5, 5.41) is 2.83. The Hall–Kier alpha value is -3.65. The summed E-state index contributed by atoms with van der Waals surface area (Å²) >= 11 is 0. The van der Waals surface area contributed by atoms with E-state index in [0.717, 1.165) is 12.1 Å². The Morgan fingerprint density at radius 3 is 2.31 bits per heavy atom. The molecule has 0 aliphatic carbocycles. The van der Waals surface area contributed by atoms with Crippen LogP contribution in [0.4, 0.5) is 17.1 Å². The number of amides is 2. The molecule has 0 saturated carbocycles. The smallest absolute Gasteiger partial charge is 0.261 e. The van der Waals surface area contributed by atoms with E-state index in [0.29, 0.717) is 35.5 Å². The van der Waals surface area contributed by atoms with Crippen LogP contribution in [0.3, 0.4) is 0 Å². The average Bonchev–Trinajstić information content (AvgIpc) is 3.22. The molecule has 164 valence electrons. The molecule has 1 aliphatic rings. The van der Waals surface area contributed by atoms with Gasteiger partial charge in [0.2, 0.25) is 5.91 Å². The Kier molecular flexibility index (Phi) is 5.96. The molecule has 0 spiro atoms. The van der Waals surface area contributed by atoms with Gasteiger partial charge in [-0.3, -0.25) is 14.3 Å². The molecule has 8 heteroatoms. The summed E-state index contributed by atoms with van der Waals surface area (Å²) in [5.41, 5.74) is 2.86. The molecule has 0 atom stereocenters. The van der Waals surface area contributed by atoms with Gasteiger partial charge in [0, 0.05) is 29.9 Å². The van der Waals surface area contributed by atoms with Gasteiger partial charge in [-0.1, -0.05) is 18.2 Å². The van der Waals surface area contributed by atoms with E-state index in [-0.39, 0.29) is 16.7 Å². The molecule has 7 nitrogen and oxygen atoms in total. The second-order valence-corrected chi connectivity index (χ2v) is 9.28. The predicted molar refractivity (Wildman–Crippen MR) is 124 cm³/mol. The predicted octanol–water partition coefficient (Wildman–Crippen LogP) is 4.17. The molecule has 2 amide bonds. The Balaban J connectivity index is 1.44. The van der Waals surface area contributed by atoms with Crippen molar-refractivity contribution in [1.82, 2.24) is 0 Å². The number of carbonyl (C=O) groups excluding carboxylic acids is 2. The molecule has 0 bridgehead atoms. The zero-order valence-corrected chi connectivity index (χ0v) is 18.4. The number of anilines is 3. The second-order valence-electron chi connectivity index (χ2n) is 7.60. The fourth-order valence-electron chi connectivity index (χ4n) is 3.57. The van der Waals surface area contributed by atoms with Crippen molar-refractivity contribution < 1.29 is 18.0 Å². The minimum atomic E-state index is -3.71. The van der Waals surface area contributed by atoms with Crippen LogP contribution in [0.25, 0.3) is 0 Å². The molecular weight excluding hydrogens is 426 g/mol. The van der Waals surface area contributed by atoms with E-state index in [2.05, 4.69) is 10.0 Å². The number of nitrogens with one attached hydrogen (secondary N) is 2. The van der Waals surface area contributed by atoms with Crippen molar-refractivity contribution in [3.63, 3.8) is 0 Å². The third-order valence-electron chi connectivity index (χ3n) is 5.30. The monoisotopic (exact) mass is 449 g/mol. The molecule has 1 heterocycles. The standard InChI is InChI=1S/C24H23N3O4S/c1-17-16-18(9-14-22(17)26-32(30,31)21-6-3-2-4-7-21)24(29)25-19-10-12-20(13-11-19)27-15-5-8-23(27)28/h2-4,6-7,9-14,16,26H,5,8,15H2,1H3,(H,25,29). The molecule has 1 saturated heterocycles. The average molecular weight is 450 g/mol. The highest BCUT2D eigenvalue weighted by atomic mass is 32.2. The first-order chi connectivity index (χ1) is 15.3. The number of hydrogen-bond donors (Lipinski definition) is 2. The van der Waals surface area contributed by atoms with Gasteiger partial charge in [-0.05, 0) is 73.5 Å². The summed E-state index contributed by atoms with van der Waals surface area (Å²) in [5.74, 6) is -0.198. The highest BCUT2D eigenvalue weighted by Gasteiger charge is 2.21. The lowest BCUT2D eigenvalue weighted by molar-refractivity contribution is -0.117. The number of nitrogens with zero attached hydrogens (tertiary/aromatic N) is 1. The molecule has 1 aliphatic heterocycles. The first-order valence-corrected chi connectivity index (χ1v) is 11.7. The van der Waals surface area contributed by atoms with Crippen molar-refractivity contribution in [2.75, 3.05) is 21.5 Å². The molecule has 4 rings (SSSR count). The van der Waals surface area contributed by atoms with Gasteiger partial charge in [0.1, 0.15) is 0 Å². The molecule has 32 heavy (non-hydrogen) atoms. The van der Waals surface area contributed by atoms with Gasteiger partial charge in [0.25, 0.3) is 15.9 Å². The number of benzene rings is 3. The first kappa shape index (κ1) is 21.6. The van der Waals surface area contributed by atoms with Crippen molar-refractivity contribution in [2.45, 2.75) is 24.7 Å². The van der Waals surface area contributed by atoms with E-state index in [9.17, 15) is 18.0 Å². The van der Waals surface area contributed by atoms with Crippen LogP contribution < -0.4 is 14.9 Å². The highest BCUT2D eigenvalue weighted by Crippen LogP contribution is 2.24. The fourth-order valence-corrected chi connectivity index (χ4v) is 4.72. The van der Waals surface area contributed by atoms with Gasteiger partial charge >= 0.3 is 0 Å². The molecule has 0 radical (unpaired) electrons. The summed E-state index contributed by atoms with van der Waals surface area (Å²) in [6.45, 7) is 2.45. The zero-order valence-electron chi connectivity index (χ0n) is 17.5. The SMILES string of the molecule is Cc1cc(C(=O)Nc2ccc(N3CCCC3=O)cc2)ccc1NS(=O)(=O)c1ccccc1. The van der Waals surface area contributed by atoms with E-state index in [1.807, 2.05) is 12.1 Å². The third-order valence-corrected chi connectivity index (χ3v) is 6.68. The summed E-state index contributed by atoms with van der Waals surface area (Å²) in [6, 6.07) is 20.0. The fraction of sp³-hybridized carbons (Fsp3) is 0.167. The Morgan fingerprint density at radius 1 is 0.969 bits per heavy atom. The van der Waals surface area contributed by atoms with Crippen molar-refractivity contribution in [3.8, 4) is 0 Å². The van der Waals surface area contributed by atoms with E-state index in [1.165, 1.54) is 12.1 Å². The number of carbonyl (C=O) groups is 2. The van der Waals surface area contributed by atoms with Crippen LogP contribution in [-0.2, 0) is 14.8 Å². The van der Waals surface area contributed by atoms with Crippen LogP contribution in [0.2, 0.25) is 0 Å². The van der Waals surface area contributed by atoms with Crippen molar-refractivity contribution in [3.05, 3.63) is 83.9 Å². The number of rotatable bonds is 6. The van der Waals surface area contributed by atoms with Crippen LogP contribution >= 0.6 is 0 Å². The Bertz CT molecular complexity index is 1260. The van der Waals surface area contributed by atoms with Crippen LogP contribution in [0, 0.1) is 6.92 Å². The minimum absolute atomic E-state index is 0.111. The summed E-state index contributed by atoms with van der Waals surface area (Å²) in [6.07, 6.45) is 1.42. The van der Waals surface area contributed by atoms with Crippen LogP contribution in [0.1, 0.15) is 28.8 Å². The molecule has 3 aromatic rings. The number of sulfonamides is 1. The maximum atomic E-state index is 12.7. The Morgan fingerprint density at radius 2 is 1.69 bits per heavy atom. The van der Waals surface area contributed by atoms with Crippen LogP contribution in [0.5, 0.6) is 0 Å². The van der Waals surface area contributed by atoms with Crippen molar-refractivity contribution in [1.29, 1.82) is 0 Å². The molecule has 1 fully saturated rings.